The van der Waals surface area contributed by atoms with E-state index in [1.807, 2.05) is 13.8 Å². The maximum Gasteiger partial charge on any atom is 0.261 e. The number of halogens is 1. The molecule has 30 heavy (non-hydrogen) atoms. The lowest BCUT2D eigenvalue weighted by Gasteiger charge is -2.13. The smallest absolute Gasteiger partial charge is 0.261 e. The molecule has 9 nitrogen and oxygen atoms in total. The van der Waals surface area contributed by atoms with E-state index in [4.69, 9.17) is 21.2 Å². The standard InChI is InChI=1S/C19H25ClN4O5S/c1-4-6-14-17(18(15(25)11-21)24(3)23-14)22-19(26)13-10-12(30(20,27)28)7-8-16(13)29-9-5-2/h7-8,10H,4-6,9,11,21H2,1-3H3,(H,22,26). The van der Waals surface area contributed by atoms with Crippen molar-refractivity contribution in [2.24, 2.45) is 12.8 Å². The second-order valence-corrected chi connectivity index (χ2v) is 9.14. The van der Waals surface area contributed by atoms with Gasteiger partial charge in [-0.3, -0.25) is 14.3 Å². The maximum absolute atomic E-state index is 13.1. The normalized spacial score (nSPS) is 11.4. The van der Waals surface area contributed by atoms with Crippen LogP contribution in [0, 0.1) is 0 Å². The van der Waals surface area contributed by atoms with E-state index in [9.17, 15) is 18.0 Å². The van der Waals surface area contributed by atoms with Crippen LogP contribution in [0.3, 0.4) is 0 Å². The third-order valence-electron chi connectivity index (χ3n) is 4.23. The van der Waals surface area contributed by atoms with E-state index in [1.54, 1.807) is 7.05 Å². The lowest BCUT2D eigenvalue weighted by atomic mass is 10.1. The van der Waals surface area contributed by atoms with Gasteiger partial charge in [0, 0.05) is 17.7 Å². The van der Waals surface area contributed by atoms with Gasteiger partial charge in [-0.25, -0.2) is 8.42 Å². The van der Waals surface area contributed by atoms with Gasteiger partial charge in [0.15, 0.2) is 5.78 Å². The second-order valence-electron chi connectivity index (χ2n) is 6.57. The first kappa shape index (κ1) is 23.8. The van der Waals surface area contributed by atoms with Gasteiger partial charge >= 0.3 is 0 Å². The summed E-state index contributed by atoms with van der Waals surface area (Å²) in [7, 11) is 2.97. The number of hydrogen-bond donors (Lipinski definition) is 2. The van der Waals surface area contributed by atoms with Crippen molar-refractivity contribution in [1.82, 2.24) is 9.78 Å². The third kappa shape index (κ3) is 5.38. The van der Waals surface area contributed by atoms with Gasteiger partial charge in [0.25, 0.3) is 15.0 Å². The number of carbonyl (C=O) groups excluding carboxylic acids is 2. The van der Waals surface area contributed by atoms with Gasteiger partial charge in [-0.2, -0.15) is 5.10 Å². The highest BCUT2D eigenvalue weighted by Gasteiger charge is 2.25. The molecular weight excluding hydrogens is 432 g/mol. The molecule has 3 N–H and O–H groups in total. The van der Waals surface area contributed by atoms with E-state index in [1.165, 1.54) is 16.8 Å². The number of ether oxygens (including phenoxy) is 1. The molecule has 0 atom stereocenters. The van der Waals surface area contributed by atoms with Crippen molar-refractivity contribution >= 4 is 37.1 Å². The Bertz CT molecular complexity index is 1050. The van der Waals surface area contributed by atoms with E-state index in [0.717, 1.165) is 12.5 Å². The highest BCUT2D eigenvalue weighted by molar-refractivity contribution is 8.13. The van der Waals surface area contributed by atoms with Crippen LogP contribution >= 0.6 is 10.7 Å². The van der Waals surface area contributed by atoms with Gasteiger partial charge in [0.05, 0.1) is 35.0 Å². The first-order valence-corrected chi connectivity index (χ1v) is 11.8. The van der Waals surface area contributed by atoms with Crippen LogP contribution in [0.2, 0.25) is 0 Å². The summed E-state index contributed by atoms with van der Waals surface area (Å²) in [6.07, 6.45) is 1.95. The summed E-state index contributed by atoms with van der Waals surface area (Å²) >= 11 is 0. The molecule has 2 aromatic rings. The largest absolute Gasteiger partial charge is 0.493 e. The summed E-state index contributed by atoms with van der Waals surface area (Å²) in [5.74, 6) is -0.840. The quantitative estimate of drug-likeness (QED) is 0.414. The molecule has 0 spiro atoms. The van der Waals surface area contributed by atoms with Gasteiger partial charge in [-0.05, 0) is 31.0 Å². The van der Waals surface area contributed by atoms with Crippen LogP contribution in [0.5, 0.6) is 5.75 Å². The van der Waals surface area contributed by atoms with Crippen LogP contribution in [0.15, 0.2) is 23.1 Å². The Morgan fingerprint density at radius 3 is 2.53 bits per heavy atom. The van der Waals surface area contributed by atoms with Crippen molar-refractivity contribution < 1.29 is 22.7 Å². The molecule has 1 heterocycles. The molecule has 0 aliphatic rings. The van der Waals surface area contributed by atoms with Gasteiger partial charge in [0.2, 0.25) is 0 Å². The first-order valence-electron chi connectivity index (χ1n) is 9.45. The molecule has 0 aliphatic heterocycles. The van der Waals surface area contributed by atoms with Crippen LogP contribution in [0.4, 0.5) is 5.69 Å². The van der Waals surface area contributed by atoms with Crippen LogP contribution in [-0.2, 0) is 22.5 Å². The minimum absolute atomic E-state index is 0.0253. The fourth-order valence-corrected chi connectivity index (χ4v) is 3.67. The number of aromatic nitrogens is 2. The van der Waals surface area contributed by atoms with E-state index < -0.39 is 15.0 Å². The number of rotatable bonds is 10. The highest BCUT2D eigenvalue weighted by atomic mass is 35.7. The zero-order valence-electron chi connectivity index (χ0n) is 17.1. The van der Waals surface area contributed by atoms with E-state index in [2.05, 4.69) is 10.4 Å². The SMILES string of the molecule is CCCOc1ccc(S(=O)(=O)Cl)cc1C(=O)Nc1c(CCC)nn(C)c1C(=O)CN. The van der Waals surface area contributed by atoms with Crippen LogP contribution in [0.1, 0.15) is 53.2 Å². The number of aryl methyl sites for hydroxylation is 2. The number of ketones is 1. The molecule has 0 aliphatic carbocycles. The van der Waals surface area contributed by atoms with Crippen molar-refractivity contribution in [3.05, 3.63) is 35.2 Å². The molecule has 0 radical (unpaired) electrons. The van der Waals surface area contributed by atoms with Crippen molar-refractivity contribution in [3.63, 3.8) is 0 Å². The molecular formula is C19H25ClN4O5S. The monoisotopic (exact) mass is 456 g/mol. The second kappa shape index (κ2) is 10.1. The Kier molecular flexibility index (Phi) is 7.99. The molecule has 0 bridgehead atoms. The van der Waals surface area contributed by atoms with Crippen molar-refractivity contribution in [3.8, 4) is 5.75 Å². The molecule has 1 amide bonds. The average molecular weight is 457 g/mol. The number of carbonyl (C=O) groups is 2. The van der Waals surface area contributed by atoms with E-state index in [0.29, 0.717) is 25.1 Å². The summed E-state index contributed by atoms with van der Waals surface area (Å²) in [5, 5.41) is 7.02. The molecule has 0 saturated heterocycles. The lowest BCUT2D eigenvalue weighted by Crippen LogP contribution is -2.21. The van der Waals surface area contributed by atoms with Gasteiger partial charge in [-0.1, -0.05) is 20.3 Å². The van der Waals surface area contributed by atoms with Gasteiger partial charge in [-0.15, -0.1) is 0 Å². The summed E-state index contributed by atoms with van der Waals surface area (Å²) in [4.78, 5) is 25.2. The lowest BCUT2D eigenvalue weighted by molar-refractivity contribution is 0.0993. The van der Waals surface area contributed by atoms with Crippen molar-refractivity contribution in [2.45, 2.75) is 38.0 Å². The summed E-state index contributed by atoms with van der Waals surface area (Å²) in [5.41, 5.74) is 6.44. The molecule has 164 valence electrons. The number of benzene rings is 1. The Morgan fingerprint density at radius 2 is 1.97 bits per heavy atom. The summed E-state index contributed by atoms with van der Waals surface area (Å²) < 4.78 is 30.4. The third-order valence-corrected chi connectivity index (χ3v) is 5.58. The minimum Gasteiger partial charge on any atom is -0.493 e. The molecule has 1 aromatic heterocycles. The molecule has 0 saturated carbocycles. The first-order chi connectivity index (χ1) is 14.1. The molecule has 1 aromatic carbocycles. The number of Topliss-reactive ketones (excluding diaryl/α,β-unsaturated/α-hetero) is 1. The molecule has 0 fully saturated rings. The Morgan fingerprint density at radius 1 is 1.27 bits per heavy atom. The summed E-state index contributed by atoms with van der Waals surface area (Å²) in [6, 6.07) is 3.78. The fraction of sp³-hybridized carbons (Fsp3) is 0.421. The number of nitrogens with zero attached hydrogens (tertiary/aromatic N) is 2. The Hall–Kier alpha value is -2.43. The van der Waals surface area contributed by atoms with E-state index in [-0.39, 0.29) is 39.9 Å². The molecule has 11 heteroatoms. The van der Waals surface area contributed by atoms with Crippen LogP contribution in [-0.4, -0.2) is 43.0 Å². The maximum atomic E-state index is 13.1. The van der Waals surface area contributed by atoms with Gasteiger partial charge < -0.3 is 15.8 Å². The number of nitrogens with one attached hydrogen (secondary N) is 1. The average Bonchev–Trinajstić information content (AvgIpc) is 2.99. The fourth-order valence-electron chi connectivity index (χ4n) is 2.90. The van der Waals surface area contributed by atoms with Crippen molar-refractivity contribution in [1.29, 1.82) is 0 Å². The Labute approximate surface area is 180 Å². The van der Waals surface area contributed by atoms with Crippen molar-refractivity contribution in [2.75, 3.05) is 18.5 Å². The number of hydrogen-bond acceptors (Lipinski definition) is 7. The van der Waals surface area contributed by atoms with Gasteiger partial charge in [0.1, 0.15) is 11.4 Å². The Balaban J connectivity index is 2.54. The minimum atomic E-state index is -4.06. The van der Waals surface area contributed by atoms with Crippen LogP contribution < -0.4 is 15.8 Å². The summed E-state index contributed by atoms with van der Waals surface area (Å²) in [6.45, 7) is 3.92. The number of amides is 1. The predicted molar refractivity (Wildman–Crippen MR) is 114 cm³/mol. The molecule has 0 unspecified atom stereocenters. The highest BCUT2D eigenvalue weighted by Crippen LogP contribution is 2.28. The number of nitrogens with two attached hydrogens (primary N) is 1. The van der Waals surface area contributed by atoms with E-state index >= 15 is 0 Å². The topological polar surface area (TPSA) is 133 Å². The zero-order chi connectivity index (χ0) is 22.5. The molecule has 2 rings (SSSR count). The number of anilines is 1. The predicted octanol–water partition coefficient (Wildman–Crippen LogP) is 2.48. The van der Waals surface area contributed by atoms with Crippen LogP contribution in [0.25, 0.3) is 0 Å². The zero-order valence-corrected chi connectivity index (χ0v) is 18.6.